The van der Waals surface area contributed by atoms with Crippen LogP contribution in [0.15, 0.2) is 22.4 Å². The zero-order valence-electron chi connectivity index (χ0n) is 36.2. The van der Waals surface area contributed by atoms with E-state index in [0.717, 1.165) is 22.6 Å². The Balaban J connectivity index is 2.04. The average molecular weight is 822 g/mol. The summed E-state index contributed by atoms with van der Waals surface area (Å²) in [7, 11) is 0. The molecule has 310 valence electrons. The average Bonchev–Trinajstić information content (AvgIpc) is 3.09. The highest BCUT2D eigenvalue weighted by atomic mass is 32.2. The monoisotopic (exact) mass is 822 g/mol. The molecule has 0 saturated carbocycles. The van der Waals surface area contributed by atoms with E-state index in [0.29, 0.717) is 37.0 Å². The van der Waals surface area contributed by atoms with Gasteiger partial charge in [-0.3, -0.25) is 0 Å². The number of hydrogen-bond donors (Lipinski definition) is 1. The topological polar surface area (TPSA) is 68.1 Å². The summed E-state index contributed by atoms with van der Waals surface area (Å²) in [6.07, 6.45) is 27.3. The number of hydrogen-bond acceptors (Lipinski definition) is 9. The molecule has 0 fully saturated rings. The Morgan fingerprint density at radius 2 is 0.870 bits per heavy atom. The number of unbranched alkanes of at least 4 members (excludes halogenated alkanes) is 18. The minimum Gasteiger partial charge on any atom is -0.507 e. The van der Waals surface area contributed by atoms with E-state index < -0.39 is 0 Å². The molecule has 1 heterocycles. The van der Waals surface area contributed by atoms with Crippen molar-refractivity contribution in [2.75, 3.05) is 11.5 Å². The fourth-order valence-corrected chi connectivity index (χ4v) is 10.7. The lowest BCUT2D eigenvalue weighted by atomic mass is 9.79. The van der Waals surface area contributed by atoms with Crippen molar-refractivity contribution in [3.63, 3.8) is 0 Å². The number of rotatable bonds is 30. The molecule has 0 aliphatic rings. The van der Waals surface area contributed by atoms with Crippen molar-refractivity contribution in [2.24, 2.45) is 0 Å². The van der Waals surface area contributed by atoms with Crippen molar-refractivity contribution in [1.29, 1.82) is 0 Å². The van der Waals surface area contributed by atoms with Crippen LogP contribution in [0.25, 0.3) is 0 Å². The van der Waals surface area contributed by atoms with Gasteiger partial charge < -0.3 is 9.84 Å². The lowest BCUT2D eigenvalue weighted by Gasteiger charge is -2.28. The molecule has 1 aromatic carbocycles. The van der Waals surface area contributed by atoms with Gasteiger partial charge >= 0.3 is 6.01 Å². The van der Waals surface area contributed by atoms with Crippen LogP contribution in [0.4, 0.5) is 0 Å². The van der Waals surface area contributed by atoms with Gasteiger partial charge in [-0.15, -0.1) is 23.5 Å². The Morgan fingerprint density at radius 1 is 0.537 bits per heavy atom. The van der Waals surface area contributed by atoms with Crippen molar-refractivity contribution in [1.82, 2.24) is 15.0 Å². The van der Waals surface area contributed by atoms with E-state index in [1.54, 1.807) is 23.5 Å². The van der Waals surface area contributed by atoms with Crippen LogP contribution in [0, 0.1) is 0 Å². The summed E-state index contributed by atoms with van der Waals surface area (Å²) in [6.45, 7) is 21.8. The van der Waals surface area contributed by atoms with Gasteiger partial charge in [0.25, 0.3) is 0 Å². The first kappa shape index (κ1) is 49.4. The van der Waals surface area contributed by atoms with E-state index in [-0.39, 0.29) is 10.8 Å². The largest absolute Gasteiger partial charge is 0.507 e. The Hall–Kier alpha value is -0.770. The first-order valence-electron chi connectivity index (χ1n) is 21.6. The van der Waals surface area contributed by atoms with E-state index in [2.05, 4.69) is 69.2 Å². The van der Waals surface area contributed by atoms with Crippen molar-refractivity contribution in [2.45, 2.75) is 228 Å². The molecule has 1 N–H and O–H groups in total. The van der Waals surface area contributed by atoms with Crippen LogP contribution in [0.1, 0.15) is 209 Å². The predicted molar refractivity (Wildman–Crippen MR) is 245 cm³/mol. The smallest absolute Gasteiger partial charge is 0.327 e. The van der Waals surface area contributed by atoms with E-state index >= 15 is 0 Å². The lowest BCUT2D eigenvalue weighted by Crippen LogP contribution is -2.17. The van der Waals surface area contributed by atoms with Crippen LogP contribution in [-0.4, -0.2) is 40.7 Å². The number of aromatic hydroxyl groups is 1. The summed E-state index contributed by atoms with van der Waals surface area (Å²) in [5.41, 5.74) is 1.20. The molecule has 54 heavy (non-hydrogen) atoms. The van der Waals surface area contributed by atoms with E-state index in [1.807, 2.05) is 35.7 Å². The molecule has 2 atom stereocenters. The second-order valence-electron chi connectivity index (χ2n) is 17.1. The summed E-state index contributed by atoms with van der Waals surface area (Å²) >= 11 is 7.40. The number of ether oxygens (including phenoxy) is 1. The highest BCUT2D eigenvalue weighted by molar-refractivity contribution is 8.17. The van der Waals surface area contributed by atoms with Gasteiger partial charge in [0, 0.05) is 11.1 Å². The first-order chi connectivity index (χ1) is 25.7. The maximum absolute atomic E-state index is 11.3. The lowest BCUT2D eigenvalue weighted by molar-refractivity contribution is 0.401. The summed E-state index contributed by atoms with van der Waals surface area (Å²) in [6, 6.07) is 4.22. The molecule has 0 radical (unpaired) electrons. The zero-order valence-corrected chi connectivity index (χ0v) is 39.5. The molecule has 0 spiro atoms. The van der Waals surface area contributed by atoms with Crippen molar-refractivity contribution < 1.29 is 9.84 Å². The number of benzene rings is 1. The van der Waals surface area contributed by atoms with Crippen LogP contribution in [0.2, 0.25) is 0 Å². The molecule has 0 amide bonds. The second kappa shape index (κ2) is 27.8. The van der Waals surface area contributed by atoms with Gasteiger partial charge in [0.05, 0.1) is 9.16 Å². The molecule has 0 aliphatic carbocycles. The van der Waals surface area contributed by atoms with Crippen molar-refractivity contribution in [3.8, 4) is 17.5 Å². The Morgan fingerprint density at radius 3 is 1.20 bits per heavy atom. The molecular formula is C45H79N3O2S4. The maximum atomic E-state index is 11.3. The number of nitrogens with zero attached hydrogens (tertiary/aromatic N) is 3. The van der Waals surface area contributed by atoms with Gasteiger partial charge in [-0.25, -0.2) is 0 Å². The Bertz CT molecular complexity index is 1190. The molecular weight excluding hydrogens is 743 g/mol. The third-order valence-electron chi connectivity index (χ3n) is 9.73. The second-order valence-corrected chi connectivity index (χ2v) is 23.2. The summed E-state index contributed by atoms with van der Waals surface area (Å²) in [4.78, 5) is 14.6. The van der Waals surface area contributed by atoms with Crippen LogP contribution in [0.3, 0.4) is 0 Å². The predicted octanol–water partition coefficient (Wildman–Crippen LogP) is 16.1. The molecule has 2 aromatic rings. The van der Waals surface area contributed by atoms with Gasteiger partial charge in [0.15, 0.2) is 10.3 Å². The van der Waals surface area contributed by atoms with Gasteiger partial charge in [-0.1, -0.05) is 194 Å². The summed E-state index contributed by atoms with van der Waals surface area (Å²) < 4.78 is 7.14. The third-order valence-corrected chi connectivity index (χ3v) is 14.6. The van der Waals surface area contributed by atoms with Crippen molar-refractivity contribution >= 4 is 47.0 Å². The SMILES string of the molecule is CCCCCCCCCCCCSC(C)Sc1nc(Oc2cc(C(C)(C)C)c(O)c(C(C)(C)C)c2)nc(SC(C)SCCCCCCCCCCCC)n1. The molecule has 2 rings (SSSR count). The number of phenols is 1. The molecule has 2 unspecified atom stereocenters. The minimum atomic E-state index is -0.258. The quantitative estimate of drug-likeness (QED) is 0.0471. The van der Waals surface area contributed by atoms with Gasteiger partial charge in [-0.05, 0) is 61.2 Å². The van der Waals surface area contributed by atoms with Gasteiger partial charge in [0.2, 0.25) is 0 Å². The highest BCUT2D eigenvalue weighted by Crippen LogP contribution is 2.43. The van der Waals surface area contributed by atoms with Crippen LogP contribution < -0.4 is 4.74 Å². The number of thioether (sulfide) groups is 4. The molecule has 0 bridgehead atoms. The van der Waals surface area contributed by atoms with E-state index in [1.165, 1.54) is 128 Å². The highest BCUT2D eigenvalue weighted by Gasteiger charge is 2.27. The van der Waals surface area contributed by atoms with Gasteiger partial charge in [0.1, 0.15) is 11.5 Å². The molecule has 9 heteroatoms. The Labute approximate surface area is 350 Å². The molecule has 0 aliphatic heterocycles. The fourth-order valence-electron chi connectivity index (χ4n) is 6.43. The zero-order chi connectivity index (χ0) is 39.8. The molecule has 1 aromatic heterocycles. The van der Waals surface area contributed by atoms with E-state index in [4.69, 9.17) is 19.7 Å². The normalized spacial score (nSPS) is 13.4. The van der Waals surface area contributed by atoms with Crippen molar-refractivity contribution in [3.05, 3.63) is 23.3 Å². The minimum absolute atomic E-state index is 0.258. The first-order valence-corrected chi connectivity index (χ1v) is 25.5. The summed E-state index contributed by atoms with van der Waals surface area (Å²) in [5, 5.41) is 12.7. The fraction of sp³-hybridized carbons (Fsp3) is 0.800. The van der Waals surface area contributed by atoms with Crippen LogP contribution in [0.5, 0.6) is 17.5 Å². The van der Waals surface area contributed by atoms with Crippen LogP contribution in [-0.2, 0) is 10.8 Å². The molecule has 5 nitrogen and oxygen atoms in total. The Kier molecular flexibility index (Phi) is 25.4. The van der Waals surface area contributed by atoms with Crippen LogP contribution >= 0.6 is 47.0 Å². The van der Waals surface area contributed by atoms with E-state index in [9.17, 15) is 5.11 Å². The standard InChI is InChI=1S/C45H79N3O2S4/c1-11-13-15-17-19-21-23-25-27-29-31-51-35(3)53-42-46-41(50-37-33-38(44(5,6)7)40(49)39(34-37)45(8,9)10)47-43(48-42)54-36(4)52-32-30-28-26-24-22-20-18-16-14-12-2/h33-36,49H,11-32H2,1-10H3. The number of phenolic OH excluding ortho intramolecular Hbond substituents is 1. The van der Waals surface area contributed by atoms with Gasteiger partial charge in [-0.2, -0.15) is 15.0 Å². The maximum Gasteiger partial charge on any atom is 0.327 e. The number of aromatic nitrogens is 3. The summed E-state index contributed by atoms with van der Waals surface area (Å²) in [5.74, 6) is 3.30. The molecule has 0 saturated heterocycles. The third kappa shape index (κ3) is 21.7.